The van der Waals surface area contributed by atoms with Crippen LogP contribution in [-0.4, -0.2) is 26.7 Å². The molecule has 0 saturated carbocycles. The highest BCUT2D eigenvalue weighted by molar-refractivity contribution is 7.93. The molecule has 0 spiro atoms. The number of hydrazone groups is 1. The van der Waals surface area contributed by atoms with Gasteiger partial charge in [0.05, 0.1) is 34.6 Å². The molecule has 3 aromatic rings. The molecule has 0 radical (unpaired) electrons. The molecule has 0 aliphatic heterocycles. The maximum Gasteiger partial charge on any atom is 0.270 e. The smallest absolute Gasteiger partial charge is 0.270 e. The van der Waals surface area contributed by atoms with Gasteiger partial charge >= 0.3 is 0 Å². The lowest BCUT2D eigenvalue weighted by molar-refractivity contribution is -0.385. The largest absolute Gasteiger partial charge is 0.496 e. The Labute approximate surface area is 183 Å². The Bertz CT molecular complexity index is 1250. The van der Waals surface area contributed by atoms with Crippen LogP contribution in [0.1, 0.15) is 5.56 Å². The summed E-state index contributed by atoms with van der Waals surface area (Å²) in [5.41, 5.74) is 3.06. The summed E-state index contributed by atoms with van der Waals surface area (Å²) >= 11 is 6.03. The lowest BCUT2D eigenvalue weighted by Gasteiger charge is -2.13. The lowest BCUT2D eigenvalue weighted by Crippen LogP contribution is -2.15. The summed E-state index contributed by atoms with van der Waals surface area (Å²) in [4.78, 5) is 10.1. The summed E-state index contributed by atoms with van der Waals surface area (Å²) in [7, 11) is -2.71. The van der Waals surface area contributed by atoms with Crippen molar-refractivity contribution in [3.63, 3.8) is 0 Å². The predicted molar refractivity (Wildman–Crippen MR) is 120 cm³/mol. The molecule has 0 atom stereocenters. The van der Waals surface area contributed by atoms with Gasteiger partial charge in [-0.3, -0.25) is 20.3 Å². The average molecular weight is 461 g/mol. The summed E-state index contributed by atoms with van der Waals surface area (Å²) in [6.45, 7) is 0. The van der Waals surface area contributed by atoms with Gasteiger partial charge in [-0.1, -0.05) is 35.9 Å². The molecule has 0 aliphatic rings. The number of nitro benzene ring substituents is 1. The average Bonchev–Trinajstić information content (AvgIpc) is 2.75. The topological polar surface area (TPSA) is 123 Å². The summed E-state index contributed by atoms with van der Waals surface area (Å²) in [6, 6.07) is 16.7. The number of hydrogen-bond donors (Lipinski definition) is 2. The van der Waals surface area contributed by atoms with Crippen LogP contribution in [0.5, 0.6) is 5.75 Å². The van der Waals surface area contributed by atoms with Gasteiger partial charge in [0.2, 0.25) is 0 Å². The molecule has 0 unspecified atom stereocenters. The molecule has 9 nitrogen and oxygen atoms in total. The van der Waals surface area contributed by atoms with Crippen molar-refractivity contribution in [3.8, 4) is 5.75 Å². The standard InChI is InChI=1S/C20H17ClN4O5S/c1-30-19-9-5-2-6-14(19)13-22-23-18-11-10-15(25(26)27)12-20(18)31(28,29)24-17-8-4-3-7-16(17)21/h2-13,23-24H,1H3/b22-13+. The number of non-ortho nitro benzene ring substituents is 1. The van der Waals surface area contributed by atoms with E-state index < -0.39 is 20.6 Å². The maximum atomic E-state index is 13.0. The Balaban J connectivity index is 1.96. The van der Waals surface area contributed by atoms with Crippen LogP contribution in [0, 0.1) is 10.1 Å². The number of halogens is 1. The van der Waals surface area contributed by atoms with Gasteiger partial charge < -0.3 is 4.74 Å². The molecular weight excluding hydrogens is 444 g/mol. The van der Waals surface area contributed by atoms with E-state index >= 15 is 0 Å². The fourth-order valence-corrected chi connectivity index (χ4v) is 4.12. The van der Waals surface area contributed by atoms with Crippen molar-refractivity contribution in [2.24, 2.45) is 5.10 Å². The van der Waals surface area contributed by atoms with Gasteiger partial charge in [-0.15, -0.1) is 0 Å². The highest BCUT2D eigenvalue weighted by Crippen LogP contribution is 2.30. The molecule has 160 valence electrons. The quantitative estimate of drug-likeness (QED) is 0.290. The predicted octanol–water partition coefficient (Wildman–Crippen LogP) is 4.50. The first-order chi connectivity index (χ1) is 14.8. The van der Waals surface area contributed by atoms with Crippen LogP contribution in [0.4, 0.5) is 17.1 Å². The second-order valence-corrected chi connectivity index (χ2v) is 8.19. The number of nitrogens with zero attached hydrogens (tertiary/aromatic N) is 2. The molecular formula is C20H17ClN4O5S. The van der Waals surface area contributed by atoms with Gasteiger partial charge in [0.1, 0.15) is 10.6 Å². The number of nitro groups is 1. The van der Waals surface area contributed by atoms with E-state index in [1.54, 1.807) is 36.4 Å². The van der Waals surface area contributed by atoms with Crippen LogP contribution >= 0.6 is 11.6 Å². The number of anilines is 2. The molecule has 0 saturated heterocycles. The van der Waals surface area contributed by atoms with E-state index in [2.05, 4.69) is 15.2 Å². The van der Waals surface area contributed by atoms with Crippen LogP contribution in [0.15, 0.2) is 76.7 Å². The zero-order valence-corrected chi connectivity index (χ0v) is 17.7. The molecule has 3 rings (SSSR count). The van der Waals surface area contributed by atoms with Crippen LogP contribution in [-0.2, 0) is 10.0 Å². The third kappa shape index (κ3) is 5.30. The number of rotatable bonds is 8. The van der Waals surface area contributed by atoms with Gasteiger partial charge in [0.15, 0.2) is 0 Å². The fraction of sp³-hybridized carbons (Fsp3) is 0.0500. The minimum Gasteiger partial charge on any atom is -0.496 e. The molecule has 0 amide bonds. The number of ether oxygens (including phenoxy) is 1. The summed E-state index contributed by atoms with van der Waals surface area (Å²) < 4.78 is 33.5. The first-order valence-electron chi connectivity index (χ1n) is 8.79. The normalized spacial score (nSPS) is 11.3. The van der Waals surface area contributed by atoms with E-state index in [9.17, 15) is 18.5 Å². The van der Waals surface area contributed by atoms with Crippen molar-refractivity contribution >= 4 is 44.9 Å². The Kier molecular flexibility index (Phi) is 6.73. The first-order valence-corrected chi connectivity index (χ1v) is 10.7. The number of methoxy groups -OCH3 is 1. The molecule has 0 aliphatic carbocycles. The van der Waals surface area contributed by atoms with Gasteiger partial charge in [-0.2, -0.15) is 5.10 Å². The minimum atomic E-state index is -4.23. The zero-order chi connectivity index (χ0) is 22.4. The van der Waals surface area contributed by atoms with E-state index in [1.165, 1.54) is 37.6 Å². The molecule has 2 N–H and O–H groups in total. The van der Waals surface area contributed by atoms with Crippen molar-refractivity contribution in [1.29, 1.82) is 0 Å². The first kappa shape index (κ1) is 22.1. The lowest BCUT2D eigenvalue weighted by atomic mass is 10.2. The third-order valence-electron chi connectivity index (χ3n) is 4.11. The Hall–Kier alpha value is -3.63. The van der Waals surface area contributed by atoms with Crippen LogP contribution in [0.2, 0.25) is 5.02 Å². The Morgan fingerprint density at radius 3 is 2.48 bits per heavy atom. The van der Waals surface area contributed by atoms with Crippen molar-refractivity contribution in [1.82, 2.24) is 0 Å². The zero-order valence-electron chi connectivity index (χ0n) is 16.2. The fourth-order valence-electron chi connectivity index (χ4n) is 2.63. The summed E-state index contributed by atoms with van der Waals surface area (Å²) in [6.07, 6.45) is 1.44. The van der Waals surface area contributed by atoms with E-state index in [-0.39, 0.29) is 21.3 Å². The number of para-hydroxylation sites is 2. The number of sulfonamides is 1. The molecule has 0 heterocycles. The Morgan fingerprint density at radius 2 is 1.77 bits per heavy atom. The number of hydrogen-bond acceptors (Lipinski definition) is 7. The molecule has 0 bridgehead atoms. The molecule has 3 aromatic carbocycles. The molecule has 0 fully saturated rings. The molecule has 11 heteroatoms. The highest BCUT2D eigenvalue weighted by atomic mass is 35.5. The van der Waals surface area contributed by atoms with Crippen molar-refractivity contribution < 1.29 is 18.1 Å². The minimum absolute atomic E-state index is 0.0382. The van der Waals surface area contributed by atoms with Crippen molar-refractivity contribution in [3.05, 3.63) is 87.4 Å². The van der Waals surface area contributed by atoms with E-state index in [4.69, 9.17) is 16.3 Å². The van der Waals surface area contributed by atoms with E-state index in [0.717, 1.165) is 6.07 Å². The Morgan fingerprint density at radius 1 is 1.06 bits per heavy atom. The highest BCUT2D eigenvalue weighted by Gasteiger charge is 2.23. The molecule has 0 aromatic heterocycles. The maximum absolute atomic E-state index is 13.0. The number of benzene rings is 3. The van der Waals surface area contributed by atoms with Crippen LogP contribution < -0.4 is 14.9 Å². The third-order valence-corrected chi connectivity index (χ3v) is 5.85. The summed E-state index contributed by atoms with van der Waals surface area (Å²) in [5, 5.41) is 15.4. The van der Waals surface area contributed by atoms with Gasteiger partial charge in [0, 0.05) is 17.7 Å². The SMILES string of the molecule is COc1ccccc1/C=N/Nc1ccc([N+](=O)[O-])cc1S(=O)(=O)Nc1ccccc1Cl. The monoisotopic (exact) mass is 460 g/mol. The van der Waals surface area contributed by atoms with Crippen LogP contribution in [0.3, 0.4) is 0 Å². The second-order valence-electron chi connectivity index (χ2n) is 6.13. The number of nitrogens with one attached hydrogen (secondary N) is 2. The van der Waals surface area contributed by atoms with Crippen molar-refractivity contribution in [2.75, 3.05) is 17.3 Å². The van der Waals surface area contributed by atoms with Crippen molar-refractivity contribution in [2.45, 2.75) is 4.90 Å². The van der Waals surface area contributed by atoms with Gasteiger partial charge in [-0.05, 0) is 30.3 Å². The second kappa shape index (κ2) is 9.45. The van der Waals surface area contributed by atoms with Crippen LogP contribution in [0.25, 0.3) is 0 Å². The van der Waals surface area contributed by atoms with Gasteiger partial charge in [0.25, 0.3) is 15.7 Å². The summed E-state index contributed by atoms with van der Waals surface area (Å²) in [5.74, 6) is 0.574. The molecule has 31 heavy (non-hydrogen) atoms. The van der Waals surface area contributed by atoms with E-state index in [1.807, 2.05) is 0 Å². The van der Waals surface area contributed by atoms with E-state index in [0.29, 0.717) is 11.3 Å². The van der Waals surface area contributed by atoms with Gasteiger partial charge in [-0.25, -0.2) is 8.42 Å².